The van der Waals surface area contributed by atoms with Gasteiger partial charge in [0.2, 0.25) is 0 Å². The molecule has 0 saturated carbocycles. The van der Waals surface area contributed by atoms with E-state index in [0.29, 0.717) is 0 Å². The number of urea groups is 1. The van der Waals surface area contributed by atoms with Crippen molar-refractivity contribution in [1.82, 2.24) is 10.9 Å². The van der Waals surface area contributed by atoms with Crippen LogP contribution in [0, 0.1) is 0 Å². The second kappa shape index (κ2) is 7.70. The molecule has 0 aliphatic rings. The number of aryl methyl sites for hydroxylation is 1. The van der Waals surface area contributed by atoms with E-state index >= 15 is 0 Å². The molecule has 0 aromatic heterocycles. The van der Waals surface area contributed by atoms with Gasteiger partial charge in [0.25, 0.3) is 0 Å². The third-order valence-corrected chi connectivity index (χ3v) is 2.32. The lowest BCUT2D eigenvalue weighted by molar-refractivity contribution is 0.244. The van der Waals surface area contributed by atoms with Crippen LogP contribution < -0.4 is 16.6 Å². The van der Waals surface area contributed by atoms with Crippen LogP contribution in [0.5, 0.6) is 0 Å². The SMILES string of the molecule is NC(=O)NNCCCCCc1ccccc1. The highest BCUT2D eigenvalue weighted by Crippen LogP contribution is 2.05. The molecule has 1 rings (SSSR count). The molecule has 4 N–H and O–H groups in total. The van der Waals surface area contributed by atoms with Crippen LogP contribution in [-0.4, -0.2) is 12.6 Å². The first kappa shape index (κ1) is 12.5. The van der Waals surface area contributed by atoms with Gasteiger partial charge in [-0.25, -0.2) is 10.2 Å². The van der Waals surface area contributed by atoms with Crippen molar-refractivity contribution in [2.75, 3.05) is 6.54 Å². The molecule has 4 heteroatoms. The van der Waals surface area contributed by atoms with Gasteiger partial charge in [-0.3, -0.25) is 5.43 Å². The highest BCUT2D eigenvalue weighted by Gasteiger charge is 1.93. The van der Waals surface area contributed by atoms with Crippen LogP contribution in [-0.2, 0) is 6.42 Å². The molecule has 0 aliphatic heterocycles. The lowest BCUT2D eigenvalue weighted by atomic mass is 10.1. The number of unbranched alkanes of at least 4 members (excludes halogenated alkanes) is 2. The van der Waals surface area contributed by atoms with E-state index in [1.165, 1.54) is 12.0 Å². The number of carbonyl (C=O) groups is 1. The number of hydrogen-bond donors (Lipinski definition) is 3. The molecule has 0 aliphatic carbocycles. The zero-order valence-corrected chi connectivity index (χ0v) is 9.41. The summed E-state index contributed by atoms with van der Waals surface area (Å²) < 4.78 is 0. The first-order chi connectivity index (χ1) is 7.79. The molecule has 4 nitrogen and oxygen atoms in total. The minimum atomic E-state index is -0.538. The number of primary amides is 1. The molecule has 0 fully saturated rings. The predicted octanol–water partition coefficient (Wildman–Crippen LogP) is 1.57. The summed E-state index contributed by atoms with van der Waals surface area (Å²) >= 11 is 0. The first-order valence-corrected chi connectivity index (χ1v) is 5.61. The van der Waals surface area contributed by atoms with Crippen LogP contribution in [0.3, 0.4) is 0 Å². The van der Waals surface area contributed by atoms with E-state index in [1.54, 1.807) is 0 Å². The number of rotatable bonds is 7. The smallest absolute Gasteiger partial charge is 0.326 e. The van der Waals surface area contributed by atoms with Crippen molar-refractivity contribution in [2.45, 2.75) is 25.7 Å². The number of carbonyl (C=O) groups excluding carboxylic acids is 1. The topological polar surface area (TPSA) is 67.2 Å². The van der Waals surface area contributed by atoms with Gasteiger partial charge in [0.1, 0.15) is 0 Å². The largest absolute Gasteiger partial charge is 0.351 e. The van der Waals surface area contributed by atoms with E-state index in [-0.39, 0.29) is 0 Å². The molecule has 0 bridgehead atoms. The molecule has 0 heterocycles. The maximum Gasteiger partial charge on any atom is 0.326 e. The molecule has 16 heavy (non-hydrogen) atoms. The number of nitrogens with two attached hydrogens (primary N) is 1. The fourth-order valence-corrected chi connectivity index (χ4v) is 1.51. The Kier molecular flexibility index (Phi) is 6.03. The van der Waals surface area contributed by atoms with E-state index in [0.717, 1.165) is 25.8 Å². The van der Waals surface area contributed by atoms with Gasteiger partial charge >= 0.3 is 6.03 Å². The number of hydrazine groups is 1. The minimum Gasteiger partial charge on any atom is -0.351 e. The maximum atomic E-state index is 10.3. The third kappa shape index (κ3) is 6.03. The molecule has 0 unspecified atom stereocenters. The summed E-state index contributed by atoms with van der Waals surface area (Å²) in [5, 5.41) is 0. The Morgan fingerprint density at radius 2 is 1.88 bits per heavy atom. The summed E-state index contributed by atoms with van der Waals surface area (Å²) in [6, 6.07) is 9.91. The van der Waals surface area contributed by atoms with Gasteiger partial charge in [0.05, 0.1) is 0 Å². The van der Waals surface area contributed by atoms with Crippen LogP contribution in [0.25, 0.3) is 0 Å². The Labute approximate surface area is 96.2 Å². The van der Waals surface area contributed by atoms with Gasteiger partial charge in [-0.1, -0.05) is 36.8 Å². The predicted molar refractivity (Wildman–Crippen MR) is 64.7 cm³/mol. The Morgan fingerprint density at radius 3 is 2.56 bits per heavy atom. The second-order valence-corrected chi connectivity index (χ2v) is 3.71. The molecule has 0 spiro atoms. The van der Waals surface area contributed by atoms with Crippen molar-refractivity contribution < 1.29 is 4.79 Å². The zero-order chi connectivity index (χ0) is 11.6. The third-order valence-electron chi connectivity index (χ3n) is 2.32. The van der Waals surface area contributed by atoms with Crippen LogP contribution in [0.1, 0.15) is 24.8 Å². The summed E-state index contributed by atoms with van der Waals surface area (Å²) in [5.41, 5.74) is 11.4. The standard InChI is InChI=1S/C12H19N3O/c13-12(16)15-14-10-6-2-5-9-11-7-3-1-4-8-11/h1,3-4,7-8,14H,2,5-6,9-10H2,(H3,13,15,16). The van der Waals surface area contributed by atoms with Gasteiger partial charge in [0.15, 0.2) is 0 Å². The van der Waals surface area contributed by atoms with Crippen molar-refractivity contribution >= 4 is 6.03 Å². The van der Waals surface area contributed by atoms with Gasteiger partial charge in [-0.05, 0) is 24.8 Å². The lowest BCUT2D eigenvalue weighted by Crippen LogP contribution is -2.41. The quantitative estimate of drug-likeness (QED) is 0.483. The first-order valence-electron chi connectivity index (χ1n) is 5.61. The van der Waals surface area contributed by atoms with E-state index in [9.17, 15) is 4.79 Å². The maximum absolute atomic E-state index is 10.3. The van der Waals surface area contributed by atoms with E-state index < -0.39 is 6.03 Å². The molecule has 1 aromatic carbocycles. The van der Waals surface area contributed by atoms with Crippen molar-refractivity contribution in [1.29, 1.82) is 0 Å². The van der Waals surface area contributed by atoms with E-state index in [2.05, 4.69) is 35.1 Å². The zero-order valence-electron chi connectivity index (χ0n) is 9.41. The second-order valence-electron chi connectivity index (χ2n) is 3.71. The fourth-order valence-electron chi connectivity index (χ4n) is 1.51. The Morgan fingerprint density at radius 1 is 1.12 bits per heavy atom. The lowest BCUT2D eigenvalue weighted by Gasteiger charge is -2.04. The summed E-state index contributed by atoms with van der Waals surface area (Å²) in [6.45, 7) is 0.762. The summed E-state index contributed by atoms with van der Waals surface area (Å²) in [5.74, 6) is 0. The summed E-state index contributed by atoms with van der Waals surface area (Å²) in [6.07, 6.45) is 4.46. The Bertz CT molecular complexity index is 300. The van der Waals surface area contributed by atoms with Crippen molar-refractivity contribution in [3.05, 3.63) is 35.9 Å². The van der Waals surface area contributed by atoms with E-state index in [1.807, 2.05) is 6.07 Å². The van der Waals surface area contributed by atoms with Gasteiger partial charge in [0, 0.05) is 6.54 Å². The van der Waals surface area contributed by atoms with Gasteiger partial charge < -0.3 is 5.73 Å². The van der Waals surface area contributed by atoms with Crippen molar-refractivity contribution in [2.24, 2.45) is 5.73 Å². The average molecular weight is 221 g/mol. The molecule has 88 valence electrons. The van der Waals surface area contributed by atoms with Crippen LogP contribution in [0.4, 0.5) is 4.79 Å². The van der Waals surface area contributed by atoms with Crippen LogP contribution in [0.15, 0.2) is 30.3 Å². The van der Waals surface area contributed by atoms with Crippen molar-refractivity contribution in [3.8, 4) is 0 Å². The summed E-state index contributed by atoms with van der Waals surface area (Å²) in [4.78, 5) is 10.3. The average Bonchev–Trinajstić information content (AvgIpc) is 2.29. The van der Waals surface area contributed by atoms with E-state index in [4.69, 9.17) is 5.73 Å². The van der Waals surface area contributed by atoms with Gasteiger partial charge in [-0.2, -0.15) is 0 Å². The number of benzene rings is 1. The molecular weight excluding hydrogens is 202 g/mol. The normalized spacial score (nSPS) is 10.0. The number of hydrogen-bond acceptors (Lipinski definition) is 2. The highest BCUT2D eigenvalue weighted by atomic mass is 16.2. The molecule has 2 amide bonds. The van der Waals surface area contributed by atoms with Crippen LogP contribution >= 0.6 is 0 Å². The van der Waals surface area contributed by atoms with Crippen molar-refractivity contribution in [3.63, 3.8) is 0 Å². The molecule has 1 aromatic rings. The molecule has 0 radical (unpaired) electrons. The number of nitrogens with one attached hydrogen (secondary N) is 2. The molecule has 0 atom stereocenters. The monoisotopic (exact) mass is 221 g/mol. The fraction of sp³-hybridized carbons (Fsp3) is 0.417. The molecule has 0 saturated heterocycles. The Balaban J connectivity index is 1.94. The number of amides is 2. The van der Waals surface area contributed by atoms with Crippen LogP contribution in [0.2, 0.25) is 0 Å². The highest BCUT2D eigenvalue weighted by molar-refractivity contribution is 5.70. The Hall–Kier alpha value is -1.55. The summed E-state index contributed by atoms with van der Waals surface area (Å²) in [7, 11) is 0. The van der Waals surface area contributed by atoms with Gasteiger partial charge in [-0.15, -0.1) is 0 Å². The minimum absolute atomic E-state index is 0.538. The molecular formula is C12H19N3O.